The fourth-order valence-electron chi connectivity index (χ4n) is 4.93. The Morgan fingerprint density at radius 3 is 2.68 bits per heavy atom. The molecule has 2 N–H and O–H groups in total. The summed E-state index contributed by atoms with van der Waals surface area (Å²) in [5, 5.41) is 12.9. The molecule has 1 aromatic carbocycles. The van der Waals surface area contributed by atoms with E-state index in [9.17, 15) is 14.7 Å². The molecule has 2 aliphatic heterocycles. The number of amides is 2. The van der Waals surface area contributed by atoms with E-state index < -0.39 is 0 Å². The van der Waals surface area contributed by atoms with Gasteiger partial charge in [-0.15, -0.1) is 0 Å². The number of hydrogen-bond donors (Lipinski definition) is 2. The topological polar surface area (TPSA) is 104 Å². The highest BCUT2D eigenvalue weighted by molar-refractivity contribution is 6.02. The minimum Gasteiger partial charge on any atom is -0.486 e. The van der Waals surface area contributed by atoms with Crippen molar-refractivity contribution in [3.63, 3.8) is 0 Å². The molecule has 37 heavy (non-hydrogen) atoms. The van der Waals surface area contributed by atoms with Gasteiger partial charge in [0.1, 0.15) is 6.10 Å². The minimum atomic E-state index is -0.350. The molecule has 2 aromatic rings. The van der Waals surface area contributed by atoms with Crippen LogP contribution < -0.4 is 10.1 Å². The van der Waals surface area contributed by atoms with Crippen LogP contribution in [0.4, 0.5) is 5.69 Å². The Bertz CT molecular complexity index is 1060. The maximum absolute atomic E-state index is 13.6. The summed E-state index contributed by atoms with van der Waals surface area (Å²) in [4.78, 5) is 34.7. The average Bonchev–Trinajstić information content (AvgIpc) is 2.91. The molecule has 0 radical (unpaired) electrons. The maximum Gasteiger partial charge on any atom is 0.258 e. The number of anilines is 1. The molecule has 3 atom stereocenters. The Morgan fingerprint density at radius 2 is 1.97 bits per heavy atom. The zero-order chi connectivity index (χ0) is 26.4. The molecule has 0 aliphatic carbocycles. The van der Waals surface area contributed by atoms with E-state index >= 15 is 0 Å². The van der Waals surface area contributed by atoms with Gasteiger partial charge in [0, 0.05) is 57.1 Å². The minimum absolute atomic E-state index is 0.0229. The van der Waals surface area contributed by atoms with Crippen molar-refractivity contribution in [2.75, 3.05) is 45.3 Å². The van der Waals surface area contributed by atoms with Gasteiger partial charge in [-0.3, -0.25) is 19.5 Å². The Kier molecular flexibility index (Phi) is 9.13. The van der Waals surface area contributed by atoms with Crippen LogP contribution in [-0.4, -0.2) is 83.8 Å². The van der Waals surface area contributed by atoms with Gasteiger partial charge < -0.3 is 24.8 Å². The van der Waals surface area contributed by atoms with Gasteiger partial charge in [0.25, 0.3) is 5.91 Å². The van der Waals surface area contributed by atoms with Gasteiger partial charge in [-0.2, -0.15) is 0 Å². The molecule has 1 saturated heterocycles. The molecular formula is C28H38N4O5. The van der Waals surface area contributed by atoms with Crippen LogP contribution in [0.3, 0.4) is 0 Å². The summed E-state index contributed by atoms with van der Waals surface area (Å²) in [5.41, 5.74) is 2.03. The summed E-state index contributed by atoms with van der Waals surface area (Å²) in [6.45, 7) is 6.68. The summed E-state index contributed by atoms with van der Waals surface area (Å²) in [7, 11) is 2.04. The molecule has 9 heteroatoms. The highest BCUT2D eigenvalue weighted by Crippen LogP contribution is 2.35. The predicted octanol–water partition coefficient (Wildman–Crippen LogP) is 2.80. The summed E-state index contributed by atoms with van der Waals surface area (Å²) in [6.07, 6.45) is 4.64. The second kappa shape index (κ2) is 12.5. The number of aromatic nitrogens is 1. The number of ether oxygens (including phenoxy) is 2. The fraction of sp³-hybridized carbons (Fsp3) is 0.536. The lowest BCUT2D eigenvalue weighted by atomic mass is 9.98. The van der Waals surface area contributed by atoms with Crippen molar-refractivity contribution in [2.24, 2.45) is 11.8 Å². The number of likely N-dealkylation sites (N-methyl/N-ethyl adjacent to an activating group) is 1. The van der Waals surface area contributed by atoms with Gasteiger partial charge in [0.2, 0.25) is 5.91 Å². The Morgan fingerprint density at radius 1 is 1.24 bits per heavy atom. The zero-order valence-corrected chi connectivity index (χ0v) is 21.9. The van der Waals surface area contributed by atoms with Crippen LogP contribution in [-0.2, 0) is 16.1 Å². The van der Waals surface area contributed by atoms with Crippen LogP contribution in [0.25, 0.3) is 0 Å². The molecule has 2 amide bonds. The largest absolute Gasteiger partial charge is 0.486 e. The first kappa shape index (κ1) is 27.0. The second-order valence-electron chi connectivity index (χ2n) is 10.2. The van der Waals surface area contributed by atoms with Crippen molar-refractivity contribution < 1.29 is 24.2 Å². The van der Waals surface area contributed by atoms with E-state index in [-0.39, 0.29) is 42.4 Å². The third-order valence-electron chi connectivity index (χ3n) is 7.23. The quantitative estimate of drug-likeness (QED) is 0.563. The third kappa shape index (κ3) is 6.66. The zero-order valence-electron chi connectivity index (χ0n) is 21.9. The molecule has 1 fully saturated rings. The van der Waals surface area contributed by atoms with E-state index in [1.165, 1.54) is 0 Å². The average molecular weight is 511 g/mol. The third-order valence-corrected chi connectivity index (χ3v) is 7.23. The standard InChI is InChI=1S/C28H38N4O5/c1-19-15-32(20(2)18-33)28(35)23-5-4-6-24(30-27(34)22-9-13-36-14-10-22)26(23)37-25(19)17-31(3)16-21-7-11-29-12-8-21/h4-8,11-12,19-20,22,25,33H,9-10,13-18H2,1-3H3,(H,30,34)/t19-,20+,25-/m0/s1. The molecule has 1 aromatic heterocycles. The van der Waals surface area contributed by atoms with Gasteiger partial charge in [0.15, 0.2) is 5.75 Å². The molecule has 4 rings (SSSR count). The molecule has 0 spiro atoms. The smallest absolute Gasteiger partial charge is 0.258 e. The number of benzene rings is 1. The van der Waals surface area contributed by atoms with Crippen LogP contribution in [0.15, 0.2) is 42.7 Å². The monoisotopic (exact) mass is 510 g/mol. The van der Waals surface area contributed by atoms with Crippen molar-refractivity contribution in [3.05, 3.63) is 53.9 Å². The molecular weight excluding hydrogens is 472 g/mol. The lowest BCUT2D eigenvalue weighted by Gasteiger charge is -2.38. The maximum atomic E-state index is 13.6. The highest BCUT2D eigenvalue weighted by Gasteiger charge is 2.35. The summed E-state index contributed by atoms with van der Waals surface area (Å²) < 4.78 is 12.0. The first-order chi connectivity index (χ1) is 17.9. The Balaban J connectivity index is 1.63. The summed E-state index contributed by atoms with van der Waals surface area (Å²) >= 11 is 0. The van der Waals surface area contributed by atoms with Crippen LogP contribution in [0.5, 0.6) is 5.75 Å². The van der Waals surface area contributed by atoms with E-state index in [0.717, 1.165) is 12.1 Å². The molecule has 0 unspecified atom stereocenters. The number of fused-ring (bicyclic) bond motifs is 1. The van der Waals surface area contributed by atoms with Crippen LogP contribution >= 0.6 is 0 Å². The Labute approximate surface area is 218 Å². The lowest BCUT2D eigenvalue weighted by Crippen LogP contribution is -2.49. The van der Waals surface area contributed by atoms with Crippen molar-refractivity contribution >= 4 is 17.5 Å². The number of para-hydroxylation sites is 1. The molecule has 3 heterocycles. The van der Waals surface area contributed by atoms with E-state index in [1.54, 1.807) is 35.5 Å². The van der Waals surface area contributed by atoms with E-state index in [0.29, 0.717) is 56.1 Å². The number of hydrogen-bond acceptors (Lipinski definition) is 7. The summed E-state index contributed by atoms with van der Waals surface area (Å²) in [5.74, 6) is -0.0768. The van der Waals surface area contributed by atoms with E-state index in [2.05, 4.69) is 22.1 Å². The van der Waals surface area contributed by atoms with Crippen molar-refractivity contribution in [1.82, 2.24) is 14.8 Å². The normalized spacial score (nSPS) is 21.5. The van der Waals surface area contributed by atoms with E-state index in [1.807, 2.05) is 26.1 Å². The second-order valence-corrected chi connectivity index (χ2v) is 10.2. The number of pyridine rings is 1. The number of nitrogens with zero attached hydrogens (tertiary/aromatic N) is 3. The van der Waals surface area contributed by atoms with Gasteiger partial charge in [0.05, 0.1) is 23.9 Å². The number of aliphatic hydroxyl groups excluding tert-OH is 1. The fourth-order valence-corrected chi connectivity index (χ4v) is 4.93. The number of rotatable bonds is 8. The van der Waals surface area contributed by atoms with Crippen molar-refractivity contribution in [3.8, 4) is 5.75 Å². The van der Waals surface area contributed by atoms with Crippen LogP contribution in [0, 0.1) is 11.8 Å². The first-order valence-corrected chi connectivity index (χ1v) is 13.0. The number of nitrogens with one attached hydrogen (secondary N) is 1. The first-order valence-electron chi connectivity index (χ1n) is 13.0. The number of aliphatic hydroxyl groups is 1. The van der Waals surface area contributed by atoms with E-state index in [4.69, 9.17) is 9.47 Å². The highest BCUT2D eigenvalue weighted by atomic mass is 16.5. The van der Waals surface area contributed by atoms with Crippen molar-refractivity contribution in [2.45, 2.75) is 45.4 Å². The van der Waals surface area contributed by atoms with Gasteiger partial charge >= 0.3 is 0 Å². The number of carbonyl (C=O) groups excluding carboxylic acids is 2. The molecule has 0 bridgehead atoms. The van der Waals surface area contributed by atoms with Gasteiger partial charge in [-0.05, 0) is 56.6 Å². The van der Waals surface area contributed by atoms with Gasteiger partial charge in [-0.25, -0.2) is 0 Å². The lowest BCUT2D eigenvalue weighted by molar-refractivity contribution is -0.122. The predicted molar refractivity (Wildman–Crippen MR) is 140 cm³/mol. The molecule has 0 saturated carbocycles. The van der Waals surface area contributed by atoms with Gasteiger partial charge in [-0.1, -0.05) is 13.0 Å². The Hall–Kier alpha value is -3.01. The molecule has 200 valence electrons. The molecule has 9 nitrogen and oxygen atoms in total. The molecule has 2 aliphatic rings. The van der Waals surface area contributed by atoms with Crippen LogP contribution in [0.2, 0.25) is 0 Å². The SMILES string of the molecule is C[C@H](CO)N1C[C@H](C)[C@H](CN(C)Cc2ccncc2)Oc2c(NC(=O)C3CCOCC3)cccc2C1=O. The summed E-state index contributed by atoms with van der Waals surface area (Å²) in [6, 6.07) is 8.90. The van der Waals surface area contributed by atoms with Crippen molar-refractivity contribution in [1.29, 1.82) is 0 Å². The van der Waals surface area contributed by atoms with Crippen LogP contribution in [0.1, 0.15) is 42.6 Å². The number of carbonyl (C=O) groups is 2.